The van der Waals surface area contributed by atoms with Crippen LogP contribution in [0.1, 0.15) is 12.8 Å². The van der Waals surface area contributed by atoms with E-state index in [4.69, 9.17) is 5.73 Å². The van der Waals surface area contributed by atoms with E-state index in [1.54, 1.807) is 0 Å². The number of nitrogens with one attached hydrogen (secondary N) is 1. The van der Waals surface area contributed by atoms with Crippen LogP contribution < -0.4 is 11.1 Å². The third-order valence-electron chi connectivity index (χ3n) is 2.11. The monoisotopic (exact) mass is 175 g/mol. The maximum Gasteiger partial charge on any atom is 0.101 e. The van der Waals surface area contributed by atoms with Gasteiger partial charge in [-0.25, -0.2) is 0 Å². The number of hydrogen-bond acceptors (Lipinski definition) is 3. The van der Waals surface area contributed by atoms with Gasteiger partial charge in [-0.3, -0.25) is 4.99 Å². The Bertz CT molecular complexity index is 331. The van der Waals surface area contributed by atoms with Crippen molar-refractivity contribution >= 4 is 17.2 Å². The minimum Gasteiger partial charge on any atom is -0.397 e. The Balaban J connectivity index is 2.13. The number of aliphatic imine (C=N–C) groups is 1. The van der Waals surface area contributed by atoms with Crippen molar-refractivity contribution in [3.8, 4) is 0 Å². The van der Waals surface area contributed by atoms with Gasteiger partial charge in [0.2, 0.25) is 0 Å². The lowest BCUT2D eigenvalue weighted by atomic mass is 10.2. The zero-order valence-electron chi connectivity index (χ0n) is 7.46. The van der Waals surface area contributed by atoms with Gasteiger partial charge in [0.05, 0.1) is 11.4 Å². The first kappa shape index (κ1) is 8.10. The van der Waals surface area contributed by atoms with Gasteiger partial charge < -0.3 is 11.1 Å². The molecular weight excluding hydrogens is 162 g/mol. The summed E-state index contributed by atoms with van der Waals surface area (Å²) < 4.78 is 0. The van der Waals surface area contributed by atoms with E-state index in [9.17, 15) is 0 Å². The lowest BCUT2D eigenvalue weighted by molar-refractivity contribution is 0.951. The minimum absolute atomic E-state index is 0.775. The minimum atomic E-state index is 0.775. The Morgan fingerprint density at radius 2 is 2.15 bits per heavy atom. The van der Waals surface area contributed by atoms with Crippen LogP contribution in [0.2, 0.25) is 0 Å². The number of anilines is 2. The summed E-state index contributed by atoms with van der Waals surface area (Å²) in [6.45, 7) is 0.940. The summed E-state index contributed by atoms with van der Waals surface area (Å²) in [6, 6.07) is 7.75. The van der Waals surface area contributed by atoms with Crippen LogP contribution in [0.5, 0.6) is 0 Å². The molecule has 13 heavy (non-hydrogen) atoms. The molecule has 0 aromatic heterocycles. The highest BCUT2D eigenvalue weighted by Crippen LogP contribution is 2.18. The number of benzene rings is 1. The average Bonchev–Trinajstić information content (AvgIpc) is 2.61. The van der Waals surface area contributed by atoms with Crippen molar-refractivity contribution in [1.29, 1.82) is 0 Å². The zero-order valence-corrected chi connectivity index (χ0v) is 7.46. The Labute approximate surface area is 77.7 Å². The average molecular weight is 175 g/mol. The quantitative estimate of drug-likeness (QED) is 0.640. The van der Waals surface area contributed by atoms with Gasteiger partial charge in [0.25, 0.3) is 0 Å². The first-order chi connectivity index (χ1) is 6.36. The number of hydrogen-bond donors (Lipinski definition) is 2. The fourth-order valence-corrected chi connectivity index (χ4v) is 1.41. The van der Waals surface area contributed by atoms with E-state index in [1.807, 2.05) is 24.3 Å². The number of nitrogens with zero attached hydrogens (tertiary/aromatic N) is 1. The van der Waals surface area contributed by atoms with Gasteiger partial charge in [0.15, 0.2) is 0 Å². The number of amidine groups is 1. The van der Waals surface area contributed by atoms with Crippen LogP contribution in [0.25, 0.3) is 0 Å². The molecule has 3 heteroatoms. The van der Waals surface area contributed by atoms with Crippen molar-refractivity contribution in [2.24, 2.45) is 4.99 Å². The van der Waals surface area contributed by atoms with Crippen LogP contribution in [-0.2, 0) is 0 Å². The molecule has 1 aromatic rings. The lowest BCUT2D eigenvalue weighted by Crippen LogP contribution is -2.09. The predicted octanol–water partition coefficient (Wildman–Crippen LogP) is 1.87. The molecule has 3 N–H and O–H groups in total. The number of para-hydroxylation sites is 2. The van der Waals surface area contributed by atoms with E-state index in [0.717, 1.165) is 36.6 Å². The maximum absolute atomic E-state index is 5.78. The first-order valence-electron chi connectivity index (χ1n) is 4.51. The van der Waals surface area contributed by atoms with E-state index in [1.165, 1.54) is 0 Å². The third kappa shape index (κ3) is 1.80. The van der Waals surface area contributed by atoms with Gasteiger partial charge in [-0.15, -0.1) is 0 Å². The van der Waals surface area contributed by atoms with E-state index < -0.39 is 0 Å². The van der Waals surface area contributed by atoms with Crippen LogP contribution in [0.15, 0.2) is 29.3 Å². The zero-order chi connectivity index (χ0) is 9.10. The van der Waals surface area contributed by atoms with Crippen molar-refractivity contribution in [3.63, 3.8) is 0 Å². The van der Waals surface area contributed by atoms with Crippen molar-refractivity contribution in [1.82, 2.24) is 0 Å². The fourth-order valence-electron chi connectivity index (χ4n) is 1.41. The molecule has 1 aliphatic rings. The Hall–Kier alpha value is -1.51. The molecule has 2 rings (SSSR count). The molecule has 0 aliphatic carbocycles. The Morgan fingerprint density at radius 3 is 2.85 bits per heavy atom. The highest BCUT2D eigenvalue weighted by Gasteiger charge is 2.06. The molecule has 0 fully saturated rings. The van der Waals surface area contributed by atoms with Crippen molar-refractivity contribution in [2.45, 2.75) is 12.8 Å². The van der Waals surface area contributed by atoms with Crippen LogP contribution in [-0.4, -0.2) is 12.4 Å². The van der Waals surface area contributed by atoms with E-state index in [-0.39, 0.29) is 0 Å². The van der Waals surface area contributed by atoms with Gasteiger partial charge >= 0.3 is 0 Å². The Kier molecular flexibility index (Phi) is 2.17. The lowest BCUT2D eigenvalue weighted by Gasteiger charge is -2.07. The fraction of sp³-hybridized carbons (Fsp3) is 0.300. The van der Waals surface area contributed by atoms with Crippen molar-refractivity contribution in [3.05, 3.63) is 24.3 Å². The normalized spacial score (nSPS) is 15.5. The topological polar surface area (TPSA) is 50.4 Å². The number of nitrogen functional groups attached to an aromatic ring is 1. The smallest absolute Gasteiger partial charge is 0.101 e. The van der Waals surface area contributed by atoms with E-state index in [0.29, 0.717) is 0 Å². The molecule has 0 radical (unpaired) electrons. The molecule has 3 nitrogen and oxygen atoms in total. The molecule has 1 aliphatic heterocycles. The summed E-state index contributed by atoms with van der Waals surface area (Å²) in [5, 5.41) is 3.23. The van der Waals surface area contributed by atoms with Gasteiger partial charge in [0.1, 0.15) is 5.84 Å². The third-order valence-corrected chi connectivity index (χ3v) is 2.11. The number of rotatable bonds is 1. The van der Waals surface area contributed by atoms with Gasteiger partial charge in [-0.05, 0) is 18.6 Å². The number of nitrogens with two attached hydrogens (primary N) is 1. The van der Waals surface area contributed by atoms with E-state index >= 15 is 0 Å². The van der Waals surface area contributed by atoms with Gasteiger partial charge in [-0.1, -0.05) is 12.1 Å². The molecule has 0 saturated heterocycles. The van der Waals surface area contributed by atoms with Crippen LogP contribution in [0.4, 0.5) is 11.4 Å². The standard InChI is InChI=1S/C10H13N3/c11-8-4-1-2-5-9(8)13-10-6-3-7-12-10/h1-2,4-5H,3,6-7,11H2,(H,12,13). The SMILES string of the molecule is Nc1ccccc1NC1=NCCC1. The largest absolute Gasteiger partial charge is 0.397 e. The highest BCUT2D eigenvalue weighted by molar-refractivity contribution is 5.98. The van der Waals surface area contributed by atoms with Gasteiger partial charge in [-0.2, -0.15) is 0 Å². The molecule has 0 bridgehead atoms. The van der Waals surface area contributed by atoms with Crippen molar-refractivity contribution in [2.75, 3.05) is 17.6 Å². The molecule has 68 valence electrons. The summed E-state index contributed by atoms with van der Waals surface area (Å²) in [6.07, 6.45) is 2.18. The van der Waals surface area contributed by atoms with Crippen LogP contribution in [0.3, 0.4) is 0 Å². The molecule has 0 spiro atoms. The predicted molar refractivity (Wildman–Crippen MR) is 56.0 cm³/mol. The molecule has 1 aromatic carbocycles. The highest BCUT2D eigenvalue weighted by atomic mass is 15.0. The van der Waals surface area contributed by atoms with E-state index in [2.05, 4.69) is 10.3 Å². The Morgan fingerprint density at radius 1 is 1.31 bits per heavy atom. The maximum atomic E-state index is 5.78. The summed E-state index contributed by atoms with van der Waals surface area (Å²) in [5.41, 5.74) is 7.52. The molecule has 1 heterocycles. The second-order valence-corrected chi connectivity index (χ2v) is 3.14. The summed E-state index contributed by atoms with van der Waals surface area (Å²) in [4.78, 5) is 4.32. The summed E-state index contributed by atoms with van der Waals surface area (Å²) in [7, 11) is 0. The van der Waals surface area contributed by atoms with Crippen LogP contribution >= 0.6 is 0 Å². The molecule has 0 atom stereocenters. The molecule has 0 saturated carbocycles. The first-order valence-corrected chi connectivity index (χ1v) is 4.51. The summed E-state index contributed by atoms with van der Waals surface area (Å²) >= 11 is 0. The molecule has 0 unspecified atom stereocenters. The second-order valence-electron chi connectivity index (χ2n) is 3.14. The second kappa shape index (κ2) is 3.47. The van der Waals surface area contributed by atoms with Gasteiger partial charge in [0, 0.05) is 13.0 Å². The van der Waals surface area contributed by atoms with Crippen LogP contribution in [0, 0.1) is 0 Å². The molecular formula is C10H13N3. The summed E-state index contributed by atoms with van der Waals surface area (Å²) in [5.74, 6) is 1.05. The molecule has 0 amide bonds. The van der Waals surface area contributed by atoms with Crippen molar-refractivity contribution < 1.29 is 0 Å².